The number of amides is 1. The van der Waals surface area contributed by atoms with Gasteiger partial charge < -0.3 is 14.7 Å². The molecule has 1 amide bonds. The van der Waals surface area contributed by atoms with E-state index in [9.17, 15) is 9.59 Å². The van der Waals surface area contributed by atoms with Gasteiger partial charge in [0.25, 0.3) is 0 Å². The number of hydrogen-bond acceptors (Lipinski definition) is 3. The van der Waals surface area contributed by atoms with Crippen LogP contribution in [-0.2, 0) is 16.0 Å². The van der Waals surface area contributed by atoms with Crippen LogP contribution in [0.1, 0.15) is 18.4 Å². The van der Waals surface area contributed by atoms with Crippen LogP contribution in [0.4, 0.5) is 0 Å². The monoisotopic (exact) mass is 355 g/mol. The van der Waals surface area contributed by atoms with Crippen molar-refractivity contribution in [3.8, 4) is 5.75 Å². The Morgan fingerprint density at radius 2 is 2.24 bits per heavy atom. The van der Waals surface area contributed by atoms with Gasteiger partial charge in [0.1, 0.15) is 5.75 Å². The number of methoxy groups -OCH3 is 1. The standard InChI is InChI=1S/C15H18BrNO4/c1-21-13-4-2-10(8-12(13)16)3-5-14(18)17-7-6-11(9-17)15(19)20/h2,4,8,11H,3,5-7,9H2,1H3,(H,19,20)/t11-/m0/s1. The molecule has 0 saturated carbocycles. The summed E-state index contributed by atoms with van der Waals surface area (Å²) >= 11 is 3.42. The van der Waals surface area contributed by atoms with Gasteiger partial charge in [0.15, 0.2) is 0 Å². The van der Waals surface area contributed by atoms with E-state index in [4.69, 9.17) is 9.84 Å². The molecule has 0 bridgehead atoms. The van der Waals surface area contributed by atoms with Crippen LogP contribution in [0.5, 0.6) is 5.75 Å². The summed E-state index contributed by atoms with van der Waals surface area (Å²) in [6.45, 7) is 0.878. The Kier molecular flexibility index (Phi) is 5.22. The van der Waals surface area contributed by atoms with Gasteiger partial charge in [0.05, 0.1) is 17.5 Å². The Morgan fingerprint density at radius 3 is 2.81 bits per heavy atom. The summed E-state index contributed by atoms with van der Waals surface area (Å²) in [6, 6.07) is 5.73. The molecule has 2 rings (SSSR count). The number of carbonyl (C=O) groups is 2. The molecule has 0 unspecified atom stereocenters. The molecule has 1 aromatic carbocycles. The van der Waals surface area contributed by atoms with Gasteiger partial charge in [0, 0.05) is 19.5 Å². The first-order valence-electron chi connectivity index (χ1n) is 6.84. The minimum Gasteiger partial charge on any atom is -0.496 e. The number of carboxylic acid groups (broad SMARTS) is 1. The number of aliphatic carboxylic acids is 1. The van der Waals surface area contributed by atoms with Crippen molar-refractivity contribution < 1.29 is 19.4 Å². The van der Waals surface area contributed by atoms with E-state index in [0.29, 0.717) is 32.4 Å². The van der Waals surface area contributed by atoms with E-state index in [2.05, 4.69) is 15.9 Å². The van der Waals surface area contributed by atoms with Gasteiger partial charge >= 0.3 is 5.97 Å². The molecule has 1 aliphatic rings. The van der Waals surface area contributed by atoms with Crippen LogP contribution < -0.4 is 4.74 Å². The van der Waals surface area contributed by atoms with Crippen LogP contribution in [-0.4, -0.2) is 42.1 Å². The maximum Gasteiger partial charge on any atom is 0.308 e. The fourth-order valence-corrected chi connectivity index (χ4v) is 3.05. The fourth-order valence-electron chi connectivity index (χ4n) is 2.46. The van der Waals surface area contributed by atoms with Gasteiger partial charge in [-0.05, 0) is 46.5 Å². The lowest BCUT2D eigenvalue weighted by Gasteiger charge is -2.15. The molecule has 6 heteroatoms. The van der Waals surface area contributed by atoms with E-state index < -0.39 is 11.9 Å². The van der Waals surface area contributed by atoms with Gasteiger partial charge in [-0.15, -0.1) is 0 Å². The number of likely N-dealkylation sites (tertiary alicyclic amines) is 1. The first kappa shape index (κ1) is 15.8. The first-order chi connectivity index (χ1) is 10.0. The molecule has 0 spiro atoms. The van der Waals surface area contributed by atoms with Crippen LogP contribution in [0.3, 0.4) is 0 Å². The highest BCUT2D eigenvalue weighted by Gasteiger charge is 2.30. The van der Waals surface area contributed by atoms with Crippen LogP contribution >= 0.6 is 15.9 Å². The number of hydrogen-bond donors (Lipinski definition) is 1. The van der Waals surface area contributed by atoms with E-state index in [1.807, 2.05) is 18.2 Å². The minimum absolute atomic E-state index is 0.0192. The van der Waals surface area contributed by atoms with Crippen molar-refractivity contribution in [3.05, 3.63) is 28.2 Å². The van der Waals surface area contributed by atoms with Crippen LogP contribution in [0, 0.1) is 5.92 Å². The molecule has 0 aromatic heterocycles. The van der Waals surface area contributed by atoms with Gasteiger partial charge in [-0.3, -0.25) is 9.59 Å². The minimum atomic E-state index is -0.815. The molecule has 1 aliphatic heterocycles. The molecule has 21 heavy (non-hydrogen) atoms. The molecule has 1 N–H and O–H groups in total. The highest BCUT2D eigenvalue weighted by molar-refractivity contribution is 9.10. The predicted octanol–water partition coefficient (Wildman–Crippen LogP) is 2.32. The Balaban J connectivity index is 1.87. The number of ether oxygens (including phenoxy) is 1. The Labute approximate surface area is 132 Å². The Morgan fingerprint density at radius 1 is 1.48 bits per heavy atom. The lowest BCUT2D eigenvalue weighted by atomic mass is 10.1. The molecular weight excluding hydrogens is 338 g/mol. The number of aryl methyl sites for hydroxylation is 1. The van der Waals surface area contributed by atoms with Gasteiger partial charge in [-0.2, -0.15) is 0 Å². The number of nitrogens with zero attached hydrogens (tertiary/aromatic N) is 1. The van der Waals surface area contributed by atoms with Crippen molar-refractivity contribution >= 4 is 27.8 Å². The predicted molar refractivity (Wildman–Crippen MR) is 81.3 cm³/mol. The van der Waals surface area contributed by atoms with Crippen LogP contribution in [0.15, 0.2) is 22.7 Å². The van der Waals surface area contributed by atoms with Crippen molar-refractivity contribution in [2.75, 3.05) is 20.2 Å². The third-order valence-electron chi connectivity index (χ3n) is 3.73. The second-order valence-corrected chi connectivity index (χ2v) is 5.99. The number of halogens is 1. The number of rotatable bonds is 5. The van der Waals surface area contributed by atoms with E-state index in [1.165, 1.54) is 0 Å². The zero-order valence-electron chi connectivity index (χ0n) is 11.8. The van der Waals surface area contributed by atoms with E-state index in [0.717, 1.165) is 15.8 Å². The van der Waals surface area contributed by atoms with E-state index in [1.54, 1.807) is 12.0 Å². The Bertz CT molecular complexity index is 546. The SMILES string of the molecule is COc1ccc(CCC(=O)N2CC[C@H](C(=O)O)C2)cc1Br. The fraction of sp³-hybridized carbons (Fsp3) is 0.467. The molecule has 1 heterocycles. The van der Waals surface area contributed by atoms with Crippen LogP contribution in [0.2, 0.25) is 0 Å². The molecule has 0 radical (unpaired) electrons. The van der Waals surface area contributed by atoms with Crippen molar-refractivity contribution in [2.24, 2.45) is 5.92 Å². The van der Waals surface area contributed by atoms with Crippen molar-refractivity contribution in [2.45, 2.75) is 19.3 Å². The summed E-state index contributed by atoms with van der Waals surface area (Å²) in [4.78, 5) is 24.6. The second kappa shape index (κ2) is 6.93. The number of benzene rings is 1. The lowest BCUT2D eigenvalue weighted by Crippen LogP contribution is -2.30. The van der Waals surface area contributed by atoms with E-state index in [-0.39, 0.29) is 5.91 Å². The molecule has 0 aliphatic carbocycles. The topological polar surface area (TPSA) is 66.8 Å². The zero-order chi connectivity index (χ0) is 15.4. The number of carbonyl (C=O) groups excluding carboxylic acids is 1. The maximum atomic E-state index is 12.1. The quantitative estimate of drug-likeness (QED) is 0.879. The molecule has 1 aromatic rings. The molecule has 1 fully saturated rings. The third kappa shape index (κ3) is 3.97. The number of carboxylic acids is 1. The van der Waals surface area contributed by atoms with Crippen molar-refractivity contribution in [3.63, 3.8) is 0 Å². The normalized spacial score (nSPS) is 17.8. The summed E-state index contributed by atoms with van der Waals surface area (Å²) in [6.07, 6.45) is 1.58. The van der Waals surface area contributed by atoms with Crippen molar-refractivity contribution in [1.29, 1.82) is 0 Å². The molecular formula is C15H18BrNO4. The van der Waals surface area contributed by atoms with E-state index >= 15 is 0 Å². The lowest BCUT2D eigenvalue weighted by molar-refractivity contribution is -0.141. The second-order valence-electron chi connectivity index (χ2n) is 5.13. The first-order valence-corrected chi connectivity index (χ1v) is 7.63. The smallest absolute Gasteiger partial charge is 0.308 e. The summed E-state index contributed by atoms with van der Waals surface area (Å²) in [5.74, 6) is -0.451. The summed E-state index contributed by atoms with van der Waals surface area (Å²) in [7, 11) is 1.61. The molecule has 5 nitrogen and oxygen atoms in total. The largest absolute Gasteiger partial charge is 0.496 e. The molecule has 114 valence electrons. The average Bonchev–Trinajstić information content (AvgIpc) is 2.95. The summed E-state index contributed by atoms with van der Waals surface area (Å²) in [5, 5.41) is 8.95. The Hall–Kier alpha value is -1.56. The van der Waals surface area contributed by atoms with Gasteiger partial charge in [-0.25, -0.2) is 0 Å². The highest BCUT2D eigenvalue weighted by Crippen LogP contribution is 2.26. The summed E-state index contributed by atoms with van der Waals surface area (Å²) < 4.78 is 6.03. The van der Waals surface area contributed by atoms with Gasteiger partial charge in [0.2, 0.25) is 5.91 Å². The molecule has 1 atom stereocenters. The summed E-state index contributed by atoms with van der Waals surface area (Å²) in [5.41, 5.74) is 1.05. The van der Waals surface area contributed by atoms with Gasteiger partial charge in [-0.1, -0.05) is 6.07 Å². The van der Waals surface area contributed by atoms with Crippen LogP contribution in [0.25, 0.3) is 0 Å². The average molecular weight is 356 g/mol. The maximum absolute atomic E-state index is 12.1. The highest BCUT2D eigenvalue weighted by atomic mass is 79.9. The van der Waals surface area contributed by atoms with Crippen molar-refractivity contribution in [1.82, 2.24) is 4.90 Å². The third-order valence-corrected chi connectivity index (χ3v) is 4.35. The molecule has 1 saturated heterocycles. The zero-order valence-corrected chi connectivity index (χ0v) is 13.4.